The van der Waals surface area contributed by atoms with Gasteiger partial charge in [-0.15, -0.1) is 0 Å². The highest BCUT2D eigenvalue weighted by Crippen LogP contribution is 2.29. The summed E-state index contributed by atoms with van der Waals surface area (Å²) in [4.78, 5) is 26.3. The molecule has 2 N–H and O–H groups in total. The molecule has 1 aromatic carbocycles. The van der Waals surface area contributed by atoms with Gasteiger partial charge in [0.15, 0.2) is 0 Å². The Morgan fingerprint density at radius 3 is 2.18 bits per heavy atom. The average molecular weight is 476 g/mol. The van der Waals surface area contributed by atoms with Crippen LogP contribution in [0, 0.1) is 19.8 Å². The lowest BCUT2D eigenvalue weighted by Gasteiger charge is -2.33. The smallest absolute Gasteiger partial charge is 0.268 e. The lowest BCUT2D eigenvalue weighted by atomic mass is 9.96. The number of aromatic nitrogens is 2. The lowest BCUT2D eigenvalue weighted by molar-refractivity contribution is -0.133. The molecular formula is C23H33N5O4S. The fourth-order valence-electron chi connectivity index (χ4n) is 4.21. The zero-order chi connectivity index (χ0) is 24.5. The number of primary amides is 1. The highest BCUT2D eigenvalue weighted by molar-refractivity contribution is 7.93. The van der Waals surface area contributed by atoms with Crippen molar-refractivity contribution in [2.45, 2.75) is 51.3 Å². The third-order valence-electron chi connectivity index (χ3n) is 6.37. The van der Waals surface area contributed by atoms with Gasteiger partial charge in [-0.2, -0.15) is 5.10 Å². The maximum Gasteiger partial charge on any atom is 0.268 e. The van der Waals surface area contributed by atoms with Gasteiger partial charge >= 0.3 is 0 Å². The van der Waals surface area contributed by atoms with E-state index < -0.39 is 10.0 Å². The molecule has 0 radical (unpaired) electrons. The second-order valence-electron chi connectivity index (χ2n) is 8.94. The van der Waals surface area contributed by atoms with E-state index in [2.05, 4.69) is 18.9 Å². The Kier molecular flexibility index (Phi) is 7.16. The molecule has 0 bridgehead atoms. The number of sulfonamides is 1. The van der Waals surface area contributed by atoms with E-state index in [-0.39, 0.29) is 29.2 Å². The SMILES string of the molecule is Cc1nn(C)c(C)c1S(=O)(=O)N(CC(=O)N1CCC(C(N)=O)CC1)c1ccc(C(C)C)cc1. The van der Waals surface area contributed by atoms with E-state index in [4.69, 9.17) is 5.73 Å². The van der Waals surface area contributed by atoms with Gasteiger partial charge in [-0.1, -0.05) is 26.0 Å². The molecule has 2 aromatic rings. The Morgan fingerprint density at radius 1 is 1.15 bits per heavy atom. The van der Waals surface area contributed by atoms with Crippen LogP contribution in [-0.4, -0.2) is 54.5 Å². The van der Waals surface area contributed by atoms with Crippen LogP contribution >= 0.6 is 0 Å². The first-order chi connectivity index (χ1) is 15.4. The highest BCUT2D eigenvalue weighted by Gasteiger charge is 2.34. The molecule has 1 aromatic heterocycles. The van der Waals surface area contributed by atoms with Crippen molar-refractivity contribution >= 4 is 27.5 Å². The molecule has 0 unspecified atom stereocenters. The van der Waals surface area contributed by atoms with Gasteiger partial charge in [0.1, 0.15) is 11.4 Å². The van der Waals surface area contributed by atoms with Gasteiger partial charge in [-0.05, 0) is 50.3 Å². The number of benzene rings is 1. The van der Waals surface area contributed by atoms with Gasteiger partial charge in [-0.3, -0.25) is 18.6 Å². The summed E-state index contributed by atoms with van der Waals surface area (Å²) >= 11 is 0. The van der Waals surface area contributed by atoms with Crippen molar-refractivity contribution in [1.82, 2.24) is 14.7 Å². The van der Waals surface area contributed by atoms with Gasteiger partial charge in [0.2, 0.25) is 11.8 Å². The fourth-order valence-corrected chi connectivity index (χ4v) is 6.03. The normalized spacial score (nSPS) is 15.2. The zero-order valence-corrected chi connectivity index (χ0v) is 20.7. The summed E-state index contributed by atoms with van der Waals surface area (Å²) < 4.78 is 30.3. The van der Waals surface area contributed by atoms with Crippen molar-refractivity contribution in [3.05, 3.63) is 41.2 Å². The van der Waals surface area contributed by atoms with Crippen LogP contribution in [0.3, 0.4) is 0 Å². The zero-order valence-electron chi connectivity index (χ0n) is 19.9. The van der Waals surface area contributed by atoms with Crippen LogP contribution in [0.4, 0.5) is 5.69 Å². The molecule has 1 saturated heterocycles. The number of hydrogen-bond acceptors (Lipinski definition) is 5. The Bertz CT molecular complexity index is 1130. The minimum absolute atomic E-state index is 0.109. The molecule has 10 heteroatoms. The summed E-state index contributed by atoms with van der Waals surface area (Å²) in [6, 6.07) is 7.24. The third-order valence-corrected chi connectivity index (χ3v) is 8.39. The quantitative estimate of drug-likeness (QED) is 0.658. The second kappa shape index (κ2) is 9.54. The molecule has 1 fully saturated rings. The van der Waals surface area contributed by atoms with Gasteiger partial charge in [0.25, 0.3) is 10.0 Å². The maximum atomic E-state index is 13.8. The number of carbonyl (C=O) groups excluding carboxylic acids is 2. The molecule has 3 rings (SSSR count). The van der Waals surface area contributed by atoms with Gasteiger partial charge in [0, 0.05) is 26.1 Å². The van der Waals surface area contributed by atoms with E-state index in [1.165, 1.54) is 4.68 Å². The standard InChI is InChI=1S/C23H33N5O4S/c1-15(2)18-6-8-20(9-7-18)28(33(31,32)22-16(3)25-26(5)17(22)4)14-21(29)27-12-10-19(11-13-27)23(24)30/h6-9,15,19H,10-14H2,1-5H3,(H2,24,30). The predicted octanol–water partition coefficient (Wildman–Crippen LogP) is 2.08. The van der Waals surface area contributed by atoms with Gasteiger partial charge in [0.05, 0.1) is 17.1 Å². The van der Waals surface area contributed by atoms with Crippen LogP contribution in [0.15, 0.2) is 29.2 Å². The van der Waals surface area contributed by atoms with Crippen LogP contribution in [-0.2, 0) is 26.7 Å². The fraction of sp³-hybridized carbons (Fsp3) is 0.522. The number of aryl methyl sites for hydroxylation is 2. The molecule has 1 aliphatic heterocycles. The molecule has 0 atom stereocenters. The van der Waals surface area contributed by atoms with Crippen LogP contribution in [0.5, 0.6) is 0 Å². The third kappa shape index (κ3) is 5.05. The Hall–Kier alpha value is -2.88. The van der Waals surface area contributed by atoms with E-state index in [0.29, 0.717) is 48.9 Å². The summed E-state index contributed by atoms with van der Waals surface area (Å²) in [5, 5.41) is 4.26. The number of nitrogens with zero attached hydrogens (tertiary/aromatic N) is 4. The number of anilines is 1. The van der Waals surface area contributed by atoms with Crippen LogP contribution in [0.1, 0.15) is 49.6 Å². The van der Waals surface area contributed by atoms with Gasteiger partial charge in [-0.25, -0.2) is 8.42 Å². The van der Waals surface area contributed by atoms with Crippen LogP contribution < -0.4 is 10.0 Å². The van der Waals surface area contributed by atoms with Crippen molar-refractivity contribution in [2.24, 2.45) is 18.7 Å². The summed E-state index contributed by atoms with van der Waals surface area (Å²) in [6.45, 7) is 7.88. The van der Waals surface area contributed by atoms with E-state index in [1.807, 2.05) is 12.1 Å². The molecule has 0 saturated carbocycles. The van der Waals surface area contributed by atoms with E-state index in [9.17, 15) is 18.0 Å². The van der Waals surface area contributed by atoms with E-state index >= 15 is 0 Å². The number of likely N-dealkylation sites (tertiary alicyclic amines) is 1. The lowest BCUT2D eigenvalue weighted by Crippen LogP contribution is -2.47. The largest absolute Gasteiger partial charge is 0.369 e. The highest BCUT2D eigenvalue weighted by atomic mass is 32.2. The molecule has 33 heavy (non-hydrogen) atoms. The molecular weight excluding hydrogens is 442 g/mol. The molecule has 2 heterocycles. The molecule has 2 amide bonds. The Balaban J connectivity index is 1.96. The summed E-state index contributed by atoms with van der Waals surface area (Å²) in [6.07, 6.45) is 0.968. The van der Waals surface area contributed by atoms with E-state index in [0.717, 1.165) is 9.87 Å². The number of nitrogens with two attached hydrogens (primary N) is 1. The summed E-state index contributed by atoms with van der Waals surface area (Å²) in [7, 11) is -2.37. The van der Waals surface area contributed by atoms with Crippen molar-refractivity contribution in [3.63, 3.8) is 0 Å². The topological polar surface area (TPSA) is 119 Å². The van der Waals surface area contributed by atoms with Gasteiger partial charge < -0.3 is 10.6 Å². The molecule has 180 valence electrons. The first-order valence-electron chi connectivity index (χ1n) is 11.1. The summed E-state index contributed by atoms with van der Waals surface area (Å²) in [5.74, 6) is -0.633. The maximum absolute atomic E-state index is 13.8. The number of carbonyl (C=O) groups is 2. The number of piperidine rings is 1. The van der Waals surface area contributed by atoms with Crippen LogP contribution in [0.2, 0.25) is 0 Å². The molecule has 0 spiro atoms. The van der Waals surface area contributed by atoms with Crippen molar-refractivity contribution < 1.29 is 18.0 Å². The first kappa shape index (κ1) is 24.8. The molecule has 0 aliphatic carbocycles. The molecule has 9 nitrogen and oxygen atoms in total. The number of hydrogen-bond donors (Lipinski definition) is 1. The first-order valence-corrected chi connectivity index (χ1v) is 12.6. The number of amides is 2. The monoisotopic (exact) mass is 475 g/mol. The Labute approximate surface area is 195 Å². The number of rotatable bonds is 7. The Morgan fingerprint density at radius 2 is 1.73 bits per heavy atom. The second-order valence-corrected chi connectivity index (χ2v) is 10.7. The summed E-state index contributed by atoms with van der Waals surface area (Å²) in [5.41, 5.74) is 7.77. The van der Waals surface area contributed by atoms with Crippen LogP contribution in [0.25, 0.3) is 0 Å². The minimum Gasteiger partial charge on any atom is -0.369 e. The van der Waals surface area contributed by atoms with Crippen molar-refractivity contribution in [2.75, 3.05) is 23.9 Å². The van der Waals surface area contributed by atoms with E-state index in [1.54, 1.807) is 37.9 Å². The average Bonchev–Trinajstić information content (AvgIpc) is 3.03. The van der Waals surface area contributed by atoms with Crippen molar-refractivity contribution in [3.8, 4) is 0 Å². The minimum atomic E-state index is -4.06. The van der Waals surface area contributed by atoms with Crippen molar-refractivity contribution in [1.29, 1.82) is 0 Å². The predicted molar refractivity (Wildman–Crippen MR) is 126 cm³/mol. The molecule has 1 aliphatic rings.